The van der Waals surface area contributed by atoms with Gasteiger partial charge < -0.3 is 9.30 Å². The molecule has 2 rings (SSSR count). The first-order valence-corrected chi connectivity index (χ1v) is 7.99. The highest BCUT2D eigenvalue weighted by atomic mass is 79.9. The number of carbonyl (C=O) groups excluding carboxylic acids is 1. The molecule has 1 heterocycles. The minimum Gasteiger partial charge on any atom is -0.471 e. The van der Waals surface area contributed by atoms with Crippen molar-refractivity contribution in [1.82, 2.24) is 4.57 Å². The smallest absolute Gasteiger partial charge is 0.292 e. The maximum Gasteiger partial charge on any atom is 0.292 e. The Labute approximate surface area is 131 Å². The van der Waals surface area contributed by atoms with Crippen LogP contribution in [0.25, 0.3) is 0 Å². The van der Waals surface area contributed by atoms with E-state index >= 15 is 0 Å². The van der Waals surface area contributed by atoms with Crippen LogP contribution in [0.3, 0.4) is 0 Å². The molecule has 20 heavy (non-hydrogen) atoms. The van der Waals surface area contributed by atoms with Crippen LogP contribution in [0.15, 0.2) is 24.3 Å². The minimum absolute atomic E-state index is 0.375. The first kappa shape index (κ1) is 19.0. The molecule has 0 N–H and O–H groups in total. The Morgan fingerprint density at radius 3 is 2.10 bits per heavy atom. The topological polar surface area (TPSA) is 31.2 Å². The average Bonchev–Trinajstić information content (AvgIpc) is 2.97. The molecular weight excluding hydrogens is 318 g/mol. The van der Waals surface area contributed by atoms with Crippen LogP contribution in [0.5, 0.6) is 0 Å². The molecule has 4 heteroatoms. The van der Waals surface area contributed by atoms with Crippen LogP contribution in [0.2, 0.25) is 0 Å². The first-order chi connectivity index (χ1) is 9.51. The van der Waals surface area contributed by atoms with Gasteiger partial charge in [0.2, 0.25) is 0 Å². The van der Waals surface area contributed by atoms with Crippen LogP contribution in [0, 0.1) is 19.8 Å². The largest absolute Gasteiger partial charge is 0.471 e. The zero-order valence-corrected chi connectivity index (χ0v) is 14.7. The number of hydrogen-bond donors (Lipinski definition) is 0. The Balaban J connectivity index is 0.000000438. The third-order valence-electron chi connectivity index (χ3n) is 3.03. The number of rotatable bonds is 2. The van der Waals surface area contributed by atoms with Gasteiger partial charge in [-0.15, -0.1) is 0 Å². The molecule has 0 bridgehead atoms. The van der Waals surface area contributed by atoms with E-state index in [1.54, 1.807) is 0 Å². The highest BCUT2D eigenvalue weighted by Crippen LogP contribution is 2.29. The molecule has 1 aromatic heterocycles. The summed E-state index contributed by atoms with van der Waals surface area (Å²) in [5.74, 6) is 0.742. The molecule has 0 amide bonds. The van der Waals surface area contributed by atoms with Gasteiger partial charge in [-0.3, -0.25) is 4.79 Å². The fourth-order valence-corrected chi connectivity index (χ4v) is 2.25. The van der Waals surface area contributed by atoms with Crippen LogP contribution in [-0.2, 0) is 9.53 Å². The summed E-state index contributed by atoms with van der Waals surface area (Å²) in [4.78, 5) is 8.95. The summed E-state index contributed by atoms with van der Waals surface area (Å²) < 4.78 is 6.29. The molecule has 0 fully saturated rings. The van der Waals surface area contributed by atoms with Gasteiger partial charge in [-0.05, 0) is 38.3 Å². The third-order valence-corrected chi connectivity index (χ3v) is 3.03. The van der Waals surface area contributed by atoms with Gasteiger partial charge in [-0.2, -0.15) is 0 Å². The number of hydrogen-bond acceptors (Lipinski definition) is 2. The molecule has 2 atom stereocenters. The number of methoxy groups -OCH3 is 1. The van der Waals surface area contributed by atoms with E-state index in [1.807, 2.05) is 6.92 Å². The Bertz CT molecular complexity index is 393. The minimum atomic E-state index is 0.375. The molecule has 0 aromatic carbocycles. The van der Waals surface area contributed by atoms with Gasteiger partial charge in [-0.1, -0.05) is 41.9 Å². The van der Waals surface area contributed by atoms with E-state index in [1.165, 1.54) is 24.9 Å². The van der Waals surface area contributed by atoms with E-state index in [-0.39, 0.29) is 0 Å². The summed E-state index contributed by atoms with van der Waals surface area (Å²) in [7, 11) is 1.31. The molecule has 0 radical (unpaired) electrons. The van der Waals surface area contributed by atoms with Gasteiger partial charge in [-0.25, -0.2) is 0 Å². The summed E-state index contributed by atoms with van der Waals surface area (Å²) in [6.45, 7) is 9.07. The number of allylic oxidation sites excluding steroid dienone is 2. The molecule has 0 saturated carbocycles. The summed E-state index contributed by atoms with van der Waals surface area (Å²) in [5.41, 5.74) is 2.75. The van der Waals surface area contributed by atoms with Gasteiger partial charge in [0.05, 0.1) is 13.2 Å². The number of halogens is 1. The van der Waals surface area contributed by atoms with Crippen molar-refractivity contribution in [2.75, 3.05) is 12.4 Å². The lowest BCUT2D eigenvalue weighted by Gasteiger charge is -2.16. The van der Waals surface area contributed by atoms with Crippen molar-refractivity contribution in [3.8, 4) is 0 Å². The molecule has 1 aliphatic rings. The Morgan fingerprint density at radius 2 is 1.80 bits per heavy atom. The maximum atomic E-state index is 8.95. The van der Waals surface area contributed by atoms with E-state index in [4.69, 9.17) is 4.79 Å². The Hall–Kier alpha value is -1.03. The van der Waals surface area contributed by atoms with Gasteiger partial charge in [0.25, 0.3) is 6.47 Å². The quantitative estimate of drug-likeness (QED) is 0.451. The fourth-order valence-electron chi connectivity index (χ4n) is 2.25. The van der Waals surface area contributed by atoms with Crippen LogP contribution < -0.4 is 0 Å². The third kappa shape index (κ3) is 6.42. The number of carbonyl (C=O) groups is 1. The molecule has 0 saturated heterocycles. The molecule has 114 valence electrons. The lowest BCUT2D eigenvalue weighted by molar-refractivity contribution is -0.126. The second-order valence-corrected chi connectivity index (χ2v) is 5.87. The monoisotopic (exact) mass is 343 g/mol. The van der Waals surface area contributed by atoms with Crippen molar-refractivity contribution in [3.05, 3.63) is 35.7 Å². The lowest BCUT2D eigenvalue weighted by Crippen LogP contribution is -2.08. The second-order valence-electron chi connectivity index (χ2n) is 4.75. The summed E-state index contributed by atoms with van der Waals surface area (Å²) >= 11 is 3.15. The van der Waals surface area contributed by atoms with E-state index in [2.05, 4.69) is 70.3 Å². The number of aryl methyl sites for hydroxylation is 2. The maximum absolute atomic E-state index is 8.95. The van der Waals surface area contributed by atoms with Gasteiger partial charge >= 0.3 is 0 Å². The molecule has 0 spiro atoms. The standard InChI is InChI=1S/C12H17N.C2H5Br.C2H4O2/c1-9-4-7-12(8-9)13-10(2)5-6-11(13)3;1-2-3;1-4-2-3/h4-7,9,12H,8H2,1-3H3;2H2,1H3;2H,1H3. The normalized spacial score (nSPS) is 19.5. The van der Waals surface area contributed by atoms with Crippen molar-refractivity contribution >= 4 is 22.4 Å². The zero-order valence-electron chi connectivity index (χ0n) is 13.1. The molecule has 3 nitrogen and oxygen atoms in total. The fraction of sp³-hybridized carbons (Fsp3) is 0.562. The van der Waals surface area contributed by atoms with Crippen molar-refractivity contribution in [2.24, 2.45) is 5.92 Å². The summed E-state index contributed by atoms with van der Waals surface area (Å²) in [6, 6.07) is 5.00. The van der Waals surface area contributed by atoms with E-state index < -0.39 is 0 Å². The van der Waals surface area contributed by atoms with Gasteiger partial charge in [0, 0.05) is 16.7 Å². The highest BCUT2D eigenvalue weighted by Gasteiger charge is 2.18. The van der Waals surface area contributed by atoms with E-state index in [0.717, 1.165) is 11.2 Å². The van der Waals surface area contributed by atoms with Gasteiger partial charge in [0.1, 0.15) is 0 Å². The van der Waals surface area contributed by atoms with Crippen LogP contribution in [0.4, 0.5) is 0 Å². The summed E-state index contributed by atoms with van der Waals surface area (Å²) in [5, 5.41) is 1.06. The SMILES string of the molecule is CCBr.COC=O.Cc1ccc(C)n1C1C=CC(C)C1. The van der Waals surface area contributed by atoms with Crippen LogP contribution in [-0.4, -0.2) is 23.5 Å². The zero-order chi connectivity index (χ0) is 15.5. The average molecular weight is 344 g/mol. The van der Waals surface area contributed by atoms with Crippen LogP contribution >= 0.6 is 15.9 Å². The predicted octanol–water partition coefficient (Wildman–Crippen LogP) is 4.43. The van der Waals surface area contributed by atoms with Crippen molar-refractivity contribution < 1.29 is 9.53 Å². The van der Waals surface area contributed by atoms with E-state index in [0.29, 0.717) is 12.5 Å². The van der Waals surface area contributed by atoms with Crippen LogP contribution in [0.1, 0.15) is 37.7 Å². The predicted molar refractivity (Wildman–Crippen MR) is 88.4 cm³/mol. The highest BCUT2D eigenvalue weighted by molar-refractivity contribution is 9.09. The second kappa shape index (κ2) is 10.7. The molecule has 0 aliphatic heterocycles. The van der Waals surface area contributed by atoms with Crippen molar-refractivity contribution in [1.29, 1.82) is 0 Å². The molecule has 1 aliphatic carbocycles. The number of alkyl halides is 1. The lowest BCUT2D eigenvalue weighted by atomic mass is 10.1. The molecule has 1 aromatic rings. The molecule has 2 unspecified atom stereocenters. The number of nitrogens with zero attached hydrogens (tertiary/aromatic N) is 1. The van der Waals surface area contributed by atoms with E-state index in [9.17, 15) is 0 Å². The molecular formula is C16H26BrNO2. The van der Waals surface area contributed by atoms with Gasteiger partial charge in [0.15, 0.2) is 0 Å². The number of ether oxygens (including phenoxy) is 1. The van der Waals surface area contributed by atoms with Crippen molar-refractivity contribution in [3.63, 3.8) is 0 Å². The summed E-state index contributed by atoms with van der Waals surface area (Å²) in [6.07, 6.45) is 5.92. The Morgan fingerprint density at radius 1 is 1.35 bits per heavy atom. The first-order valence-electron chi connectivity index (χ1n) is 6.86. The Kier molecular flexibility index (Phi) is 10.2. The number of aromatic nitrogens is 1. The van der Waals surface area contributed by atoms with Crippen molar-refractivity contribution in [2.45, 2.75) is 40.2 Å².